The number of rotatable bonds is 30. The van der Waals surface area contributed by atoms with Crippen LogP contribution in [0.15, 0.2) is 219 Å². The van der Waals surface area contributed by atoms with Crippen molar-refractivity contribution in [2.75, 3.05) is 158 Å². The molecule has 0 radical (unpaired) electrons. The lowest BCUT2D eigenvalue weighted by molar-refractivity contribution is -0.128. The molecule has 6 aromatic carbocycles. The average molecular weight is 1620 g/mol. The van der Waals surface area contributed by atoms with Gasteiger partial charge in [0.05, 0.1) is 47.5 Å². The van der Waals surface area contributed by atoms with Gasteiger partial charge in [0.25, 0.3) is 0 Å². The van der Waals surface area contributed by atoms with E-state index >= 15 is 0 Å². The molecule has 9 heterocycles. The molecule has 120 heavy (non-hydrogen) atoms. The highest BCUT2D eigenvalue weighted by molar-refractivity contribution is 6.00. The fraction of sp³-hybridized carbons (Fsp3) is 0.333. The van der Waals surface area contributed by atoms with Crippen LogP contribution >= 0.6 is 0 Å². The van der Waals surface area contributed by atoms with Crippen molar-refractivity contribution in [3.63, 3.8) is 0 Å². The van der Waals surface area contributed by atoms with E-state index in [1.807, 2.05) is 218 Å². The van der Waals surface area contributed by atoms with Gasteiger partial charge in [-0.1, -0.05) is 72.8 Å². The number of hydrogen-bond acceptors (Lipinski definition) is 24. The third-order valence-corrected chi connectivity index (χ3v) is 21.0. The number of methoxy groups -OCH3 is 2. The number of benzene rings is 6. The molecule has 3 amide bonds. The summed E-state index contributed by atoms with van der Waals surface area (Å²) < 4.78 is 33.7. The van der Waals surface area contributed by atoms with Crippen molar-refractivity contribution >= 4 is 68.3 Å². The molecule has 3 fully saturated rings. The highest BCUT2D eigenvalue weighted by atomic mass is 16.5. The number of piperidine rings is 3. The highest BCUT2D eigenvalue weighted by Crippen LogP contribution is 2.39. The Morgan fingerprint density at radius 3 is 1.07 bits per heavy atom. The number of ether oxygens (including phenoxy) is 5. The van der Waals surface area contributed by atoms with E-state index in [4.69, 9.17) is 56.2 Å². The standard InChI is InChI=1S/C31H38N8O2.C30H35N7O3.C29H33N7O3/c1-36(2)19-20-37(3)17-8-12-27(40)38-18-7-9-24(21-38)39-31-28(30(32)33-22-34-31)29(35-39)23-13-15-26(16-14-23)41-25-10-5-4-6-11-25;1-35(18-19-39-2)16-7-11-26(38)36-17-6-8-23(20-36)37-30-27(29(31)32-21-33-30)28(34-37)22-12-14-25(15-13-22)40-24-9-4-3-5-10-24;1-38-18-16-31-15-5-10-25(37)35-17-6-7-22(19-35)36-29-26(28(30)32-20-33-29)27(34-36)21-11-13-24(14-12-21)39-23-8-3-2-4-9-23/h4-6,8,10-16,22,24H,7,9,17-21H2,1-3H3,(H2,32,33,34);3-5,7,9-15,21,23H,6,8,16-20H2,1-2H3,(H2,31,32,33);2-5,8-14,20,22,31H,6-7,15-19H2,1H3,(H2,30,32,33)/b12-8+;11-7+;10-5+. The predicted molar refractivity (Wildman–Crippen MR) is 467 cm³/mol. The van der Waals surface area contributed by atoms with E-state index < -0.39 is 0 Å². The first-order valence-electron chi connectivity index (χ1n) is 40.6. The topological polar surface area (TPSA) is 338 Å². The second kappa shape index (κ2) is 42.0. The molecule has 3 saturated heterocycles. The lowest BCUT2D eigenvalue weighted by Gasteiger charge is -2.32. The zero-order valence-electron chi connectivity index (χ0n) is 68.9. The van der Waals surface area contributed by atoms with Gasteiger partial charge in [-0.25, -0.2) is 43.9 Å². The van der Waals surface area contributed by atoms with Crippen molar-refractivity contribution in [3.05, 3.63) is 219 Å². The summed E-state index contributed by atoms with van der Waals surface area (Å²) in [4.78, 5) is 77.4. The van der Waals surface area contributed by atoms with Gasteiger partial charge in [-0.15, -0.1) is 0 Å². The van der Waals surface area contributed by atoms with Crippen LogP contribution in [-0.2, 0) is 23.9 Å². The molecule has 30 heteroatoms. The van der Waals surface area contributed by atoms with Crippen LogP contribution in [0, 0.1) is 0 Å². The van der Waals surface area contributed by atoms with Gasteiger partial charge >= 0.3 is 0 Å². The molecule has 3 unspecified atom stereocenters. The Labute approximate surface area is 698 Å². The van der Waals surface area contributed by atoms with Crippen molar-refractivity contribution < 1.29 is 38.1 Å². The van der Waals surface area contributed by atoms with Crippen LogP contribution in [0.5, 0.6) is 34.5 Å². The summed E-state index contributed by atoms with van der Waals surface area (Å²) in [5.41, 5.74) is 25.8. The van der Waals surface area contributed by atoms with Gasteiger partial charge in [0, 0.05) is 134 Å². The number of anilines is 3. The van der Waals surface area contributed by atoms with E-state index in [9.17, 15) is 14.4 Å². The van der Waals surface area contributed by atoms with Crippen LogP contribution < -0.4 is 36.7 Å². The van der Waals surface area contributed by atoms with E-state index in [1.165, 1.54) is 19.0 Å². The van der Waals surface area contributed by atoms with Crippen molar-refractivity contribution in [1.29, 1.82) is 0 Å². The summed E-state index contributed by atoms with van der Waals surface area (Å²) in [5.74, 6) is 5.64. The number of nitrogens with two attached hydrogens (primary N) is 3. The number of carbonyl (C=O) groups is 3. The maximum atomic E-state index is 13.1. The number of amides is 3. The van der Waals surface area contributed by atoms with Gasteiger partial charge in [0.2, 0.25) is 17.7 Å². The lowest BCUT2D eigenvalue weighted by Crippen LogP contribution is -2.40. The number of likely N-dealkylation sites (tertiary alicyclic amines) is 3. The Morgan fingerprint density at radius 1 is 0.417 bits per heavy atom. The lowest BCUT2D eigenvalue weighted by atomic mass is 10.1. The number of carbonyl (C=O) groups excluding carboxylic acids is 3. The third-order valence-electron chi connectivity index (χ3n) is 21.0. The highest BCUT2D eigenvalue weighted by Gasteiger charge is 2.32. The molecule has 624 valence electrons. The molecule has 0 aliphatic carbocycles. The zero-order chi connectivity index (χ0) is 83.7. The summed E-state index contributed by atoms with van der Waals surface area (Å²) in [5, 5.41) is 20.3. The number of likely N-dealkylation sites (N-methyl/N-ethyl adjacent to an activating group) is 3. The molecule has 3 aliphatic rings. The van der Waals surface area contributed by atoms with Crippen molar-refractivity contribution in [2.24, 2.45) is 0 Å². The van der Waals surface area contributed by atoms with Gasteiger partial charge in [-0.2, -0.15) is 15.3 Å². The second-order valence-corrected chi connectivity index (χ2v) is 30.0. The van der Waals surface area contributed by atoms with Gasteiger partial charge in [0.15, 0.2) is 16.9 Å². The van der Waals surface area contributed by atoms with Gasteiger partial charge < -0.3 is 75.6 Å². The van der Waals surface area contributed by atoms with E-state index in [1.54, 1.807) is 32.4 Å². The number of nitrogens with one attached hydrogen (secondary N) is 1. The maximum Gasteiger partial charge on any atom is 0.246 e. The molecule has 0 bridgehead atoms. The molecule has 15 rings (SSSR count). The monoisotopic (exact) mass is 1620 g/mol. The van der Waals surface area contributed by atoms with Gasteiger partial charge in [-0.05, 0) is 176 Å². The van der Waals surface area contributed by atoms with Crippen molar-refractivity contribution in [2.45, 2.75) is 56.7 Å². The van der Waals surface area contributed by atoms with Crippen molar-refractivity contribution in [1.82, 2.24) is 94.0 Å². The largest absolute Gasteiger partial charge is 0.457 e. The summed E-state index contributed by atoms with van der Waals surface area (Å²) in [6, 6.07) is 52.1. The number of para-hydroxylation sites is 3. The zero-order valence-corrected chi connectivity index (χ0v) is 68.9. The first kappa shape index (κ1) is 85.1. The molecule has 7 N–H and O–H groups in total. The number of fused-ring (bicyclic) bond motifs is 3. The maximum absolute atomic E-state index is 13.1. The number of aromatic nitrogens is 12. The molecule has 3 atom stereocenters. The molecule has 6 aromatic heterocycles. The summed E-state index contributed by atoms with van der Waals surface area (Å²) >= 11 is 0. The van der Waals surface area contributed by atoms with Crippen LogP contribution in [0.2, 0.25) is 0 Å². The number of hydrogen-bond donors (Lipinski definition) is 4. The molecular formula is C90H106N22O8. The van der Waals surface area contributed by atoms with E-state index in [-0.39, 0.29) is 35.8 Å². The molecule has 12 aromatic rings. The number of nitrogens with zero attached hydrogens (tertiary/aromatic N) is 18. The Kier molecular flexibility index (Phi) is 29.8. The number of nitrogen functional groups attached to an aromatic ring is 3. The van der Waals surface area contributed by atoms with Crippen LogP contribution in [0.3, 0.4) is 0 Å². The normalized spacial score (nSPS) is 15.8. The summed E-state index contributed by atoms with van der Waals surface area (Å²) in [7, 11) is 11.5. The van der Waals surface area contributed by atoms with Gasteiger partial charge in [-0.3, -0.25) is 14.4 Å². The first-order valence-corrected chi connectivity index (χ1v) is 40.6. The molecule has 0 spiro atoms. The van der Waals surface area contributed by atoms with Crippen LogP contribution in [-0.4, -0.2) is 247 Å². The van der Waals surface area contributed by atoms with E-state index in [0.29, 0.717) is 127 Å². The molecule has 30 nitrogen and oxygen atoms in total. The summed E-state index contributed by atoms with van der Waals surface area (Å²) in [6.07, 6.45) is 20.4. The minimum Gasteiger partial charge on any atom is -0.457 e. The average Bonchev–Trinajstić information content (AvgIpc) is 1.62. The third kappa shape index (κ3) is 22.3. The smallest absolute Gasteiger partial charge is 0.246 e. The Balaban J connectivity index is 0.000000156. The fourth-order valence-electron chi connectivity index (χ4n) is 14.6. The Bertz CT molecular complexity index is 5420. The fourth-order valence-corrected chi connectivity index (χ4v) is 14.6. The Morgan fingerprint density at radius 2 is 0.742 bits per heavy atom. The molecule has 3 aliphatic heterocycles. The molecular weight excluding hydrogens is 1520 g/mol. The van der Waals surface area contributed by atoms with Crippen LogP contribution in [0.1, 0.15) is 56.7 Å². The molecule has 0 saturated carbocycles. The Hall–Kier alpha value is -12.8. The van der Waals surface area contributed by atoms with Crippen LogP contribution in [0.25, 0.3) is 66.9 Å². The van der Waals surface area contributed by atoms with E-state index in [0.717, 1.165) is 129 Å². The first-order chi connectivity index (χ1) is 58.5. The summed E-state index contributed by atoms with van der Waals surface area (Å²) in [6.45, 7) is 10.6. The quantitative estimate of drug-likeness (QED) is 0.0240. The van der Waals surface area contributed by atoms with Crippen LogP contribution in [0.4, 0.5) is 17.5 Å². The van der Waals surface area contributed by atoms with Crippen molar-refractivity contribution in [3.8, 4) is 68.3 Å². The minimum atomic E-state index is -0.0262. The van der Waals surface area contributed by atoms with Gasteiger partial charge in [0.1, 0.15) is 88.0 Å². The SMILES string of the molecule is CN(C)CCN(C)C/C=C/C(=O)N1CCCC(n2nc(-c3ccc(Oc4ccccc4)cc3)c3c(N)ncnc32)C1.COCCN(C)C/C=C/C(=O)N1CCCC(n2nc(-c3ccc(Oc4ccccc4)cc3)c3c(N)ncnc32)C1.COCCNC/C=C/C(=O)N1CCCC(n2nc(-c3ccc(Oc4ccccc4)cc3)c3c(N)ncnc32)C1. The predicted octanol–water partition coefficient (Wildman–Crippen LogP) is 12.1. The minimum absolute atomic E-state index is 0.00433. The van der Waals surface area contributed by atoms with E-state index in [2.05, 4.69) is 71.1 Å². The second-order valence-electron chi connectivity index (χ2n) is 30.0.